The summed E-state index contributed by atoms with van der Waals surface area (Å²) in [5.74, 6) is 2.40. The normalized spacial score (nSPS) is 28.1. The molecule has 2 saturated heterocycles. The highest BCUT2D eigenvalue weighted by Crippen LogP contribution is 2.21. The van der Waals surface area contributed by atoms with Gasteiger partial charge in [-0.15, -0.1) is 0 Å². The number of likely N-dealkylation sites (N-methyl/N-ethyl adjacent to an activating group) is 1. The molecular weight excluding hydrogens is 262 g/mol. The summed E-state index contributed by atoms with van der Waals surface area (Å²) in [5, 5.41) is 3.41. The van der Waals surface area contributed by atoms with Crippen molar-refractivity contribution in [1.82, 2.24) is 15.1 Å². The Morgan fingerprint density at radius 3 is 2.38 bits per heavy atom. The van der Waals surface area contributed by atoms with Crippen molar-refractivity contribution in [1.29, 1.82) is 0 Å². The van der Waals surface area contributed by atoms with Gasteiger partial charge in [0.2, 0.25) is 5.91 Å². The van der Waals surface area contributed by atoms with Gasteiger partial charge in [0.1, 0.15) is 0 Å². The topological polar surface area (TPSA) is 35.6 Å². The Morgan fingerprint density at radius 1 is 1.19 bits per heavy atom. The van der Waals surface area contributed by atoms with Crippen molar-refractivity contribution in [2.45, 2.75) is 40.0 Å². The first kappa shape index (κ1) is 16.8. The van der Waals surface area contributed by atoms with Crippen LogP contribution in [0.25, 0.3) is 0 Å². The van der Waals surface area contributed by atoms with Crippen molar-refractivity contribution in [2.75, 3.05) is 45.8 Å². The fourth-order valence-corrected chi connectivity index (χ4v) is 3.89. The number of hydrogen-bond acceptors (Lipinski definition) is 3. The van der Waals surface area contributed by atoms with Gasteiger partial charge in [-0.2, -0.15) is 0 Å². The highest BCUT2D eigenvalue weighted by atomic mass is 16.2. The molecule has 2 atom stereocenters. The first-order valence-electron chi connectivity index (χ1n) is 8.79. The van der Waals surface area contributed by atoms with Gasteiger partial charge in [-0.3, -0.25) is 9.69 Å². The maximum absolute atomic E-state index is 12.6. The van der Waals surface area contributed by atoms with E-state index in [4.69, 9.17) is 0 Å². The van der Waals surface area contributed by atoms with Crippen molar-refractivity contribution < 1.29 is 4.79 Å². The van der Waals surface area contributed by atoms with E-state index in [-0.39, 0.29) is 0 Å². The average molecular weight is 295 g/mol. The Balaban J connectivity index is 1.81. The van der Waals surface area contributed by atoms with Gasteiger partial charge in [-0.1, -0.05) is 20.8 Å². The van der Waals surface area contributed by atoms with Crippen LogP contribution in [0.2, 0.25) is 0 Å². The SMILES string of the molecule is CCN(CC(=O)N1CC(C)CC(C)C1)CC1CCNCC1. The van der Waals surface area contributed by atoms with Gasteiger partial charge in [0.05, 0.1) is 6.54 Å². The van der Waals surface area contributed by atoms with Crippen LogP contribution in [0.4, 0.5) is 0 Å². The number of hydrogen-bond donors (Lipinski definition) is 1. The van der Waals surface area contributed by atoms with Crippen molar-refractivity contribution in [3.8, 4) is 0 Å². The number of likely N-dealkylation sites (tertiary alicyclic amines) is 1. The third-order valence-corrected chi connectivity index (χ3v) is 5.00. The van der Waals surface area contributed by atoms with Crippen LogP contribution in [0.5, 0.6) is 0 Å². The number of rotatable bonds is 5. The van der Waals surface area contributed by atoms with Crippen LogP contribution in [-0.4, -0.2) is 61.5 Å². The van der Waals surface area contributed by atoms with E-state index < -0.39 is 0 Å². The van der Waals surface area contributed by atoms with Crippen LogP contribution in [0.1, 0.15) is 40.0 Å². The summed E-state index contributed by atoms with van der Waals surface area (Å²) in [7, 11) is 0. The number of nitrogens with one attached hydrogen (secondary N) is 1. The summed E-state index contributed by atoms with van der Waals surface area (Å²) in [5.41, 5.74) is 0. The summed E-state index contributed by atoms with van der Waals surface area (Å²) < 4.78 is 0. The van der Waals surface area contributed by atoms with E-state index in [2.05, 4.69) is 35.9 Å². The first-order valence-corrected chi connectivity index (χ1v) is 8.79. The molecule has 21 heavy (non-hydrogen) atoms. The number of amides is 1. The minimum Gasteiger partial charge on any atom is -0.341 e. The lowest BCUT2D eigenvalue weighted by Crippen LogP contribution is -2.48. The summed E-state index contributed by atoms with van der Waals surface area (Å²) in [6.45, 7) is 13.6. The predicted molar refractivity (Wildman–Crippen MR) is 87.2 cm³/mol. The molecule has 0 spiro atoms. The largest absolute Gasteiger partial charge is 0.341 e. The average Bonchev–Trinajstić information content (AvgIpc) is 2.46. The quantitative estimate of drug-likeness (QED) is 0.840. The highest BCUT2D eigenvalue weighted by Gasteiger charge is 2.26. The zero-order chi connectivity index (χ0) is 15.2. The third kappa shape index (κ3) is 5.26. The lowest BCUT2D eigenvalue weighted by molar-refractivity contribution is -0.135. The summed E-state index contributed by atoms with van der Waals surface area (Å²) in [6, 6.07) is 0. The zero-order valence-corrected chi connectivity index (χ0v) is 14.1. The standard InChI is InChI=1S/C17H33N3O/c1-4-19(12-16-5-7-18-8-6-16)13-17(21)20-10-14(2)9-15(3)11-20/h14-16,18H,4-13H2,1-3H3. The Hall–Kier alpha value is -0.610. The third-order valence-electron chi connectivity index (χ3n) is 5.00. The van der Waals surface area contributed by atoms with Crippen molar-refractivity contribution >= 4 is 5.91 Å². The molecule has 0 saturated carbocycles. The second-order valence-corrected chi connectivity index (χ2v) is 7.27. The van der Waals surface area contributed by atoms with Gasteiger partial charge < -0.3 is 10.2 Å². The molecule has 2 aliphatic heterocycles. The molecule has 0 aromatic rings. The van der Waals surface area contributed by atoms with Crippen molar-refractivity contribution in [2.24, 2.45) is 17.8 Å². The Morgan fingerprint density at radius 2 is 1.81 bits per heavy atom. The van der Waals surface area contributed by atoms with Gasteiger partial charge in [-0.05, 0) is 56.7 Å². The second-order valence-electron chi connectivity index (χ2n) is 7.27. The molecular formula is C17H33N3O. The smallest absolute Gasteiger partial charge is 0.236 e. The van der Waals surface area contributed by atoms with Crippen LogP contribution in [0, 0.1) is 17.8 Å². The van der Waals surface area contributed by atoms with Crippen LogP contribution < -0.4 is 5.32 Å². The number of carbonyl (C=O) groups is 1. The predicted octanol–water partition coefficient (Wildman–Crippen LogP) is 1.81. The molecule has 122 valence electrons. The number of carbonyl (C=O) groups excluding carboxylic acids is 1. The lowest BCUT2D eigenvalue weighted by Gasteiger charge is -2.37. The van der Waals surface area contributed by atoms with Crippen LogP contribution in [0.3, 0.4) is 0 Å². The second kappa shape index (κ2) is 8.14. The molecule has 0 aliphatic carbocycles. The van der Waals surface area contributed by atoms with E-state index >= 15 is 0 Å². The molecule has 1 N–H and O–H groups in total. The Labute approximate surface area is 130 Å². The van der Waals surface area contributed by atoms with E-state index in [0.29, 0.717) is 24.3 Å². The minimum atomic E-state index is 0.337. The number of nitrogens with zero attached hydrogens (tertiary/aromatic N) is 2. The van der Waals surface area contributed by atoms with Crippen LogP contribution in [0.15, 0.2) is 0 Å². The van der Waals surface area contributed by atoms with Crippen LogP contribution >= 0.6 is 0 Å². The lowest BCUT2D eigenvalue weighted by atomic mass is 9.92. The summed E-state index contributed by atoms with van der Waals surface area (Å²) in [6.07, 6.45) is 3.77. The molecule has 2 rings (SSSR count). The monoisotopic (exact) mass is 295 g/mol. The Bertz CT molecular complexity index is 318. The van der Waals surface area contributed by atoms with Gasteiger partial charge in [0, 0.05) is 19.6 Å². The molecule has 4 nitrogen and oxygen atoms in total. The Kier molecular flexibility index (Phi) is 6.49. The zero-order valence-electron chi connectivity index (χ0n) is 14.1. The van der Waals surface area contributed by atoms with Gasteiger partial charge >= 0.3 is 0 Å². The van der Waals surface area contributed by atoms with Crippen LogP contribution in [-0.2, 0) is 4.79 Å². The van der Waals surface area contributed by atoms with Gasteiger partial charge in [0.15, 0.2) is 0 Å². The van der Waals surface area contributed by atoms with Gasteiger partial charge in [0.25, 0.3) is 0 Å². The van der Waals surface area contributed by atoms with E-state index in [1.165, 1.54) is 19.3 Å². The van der Waals surface area contributed by atoms with Crippen molar-refractivity contribution in [3.63, 3.8) is 0 Å². The molecule has 0 aromatic heterocycles. The highest BCUT2D eigenvalue weighted by molar-refractivity contribution is 5.78. The molecule has 2 unspecified atom stereocenters. The maximum Gasteiger partial charge on any atom is 0.236 e. The van der Waals surface area contributed by atoms with E-state index in [0.717, 1.165) is 45.2 Å². The van der Waals surface area contributed by atoms with Crippen molar-refractivity contribution in [3.05, 3.63) is 0 Å². The fourth-order valence-electron chi connectivity index (χ4n) is 3.89. The number of piperidine rings is 2. The molecule has 0 bridgehead atoms. The molecule has 0 aromatic carbocycles. The fraction of sp³-hybridized carbons (Fsp3) is 0.941. The molecule has 2 fully saturated rings. The van der Waals surface area contributed by atoms with E-state index in [9.17, 15) is 4.79 Å². The molecule has 1 amide bonds. The molecule has 0 radical (unpaired) electrons. The molecule has 2 aliphatic rings. The van der Waals surface area contributed by atoms with Gasteiger partial charge in [-0.25, -0.2) is 0 Å². The molecule has 4 heteroatoms. The summed E-state index contributed by atoms with van der Waals surface area (Å²) >= 11 is 0. The van der Waals surface area contributed by atoms with E-state index in [1.807, 2.05) is 0 Å². The minimum absolute atomic E-state index is 0.337. The summed E-state index contributed by atoms with van der Waals surface area (Å²) in [4.78, 5) is 17.0. The van der Waals surface area contributed by atoms with E-state index in [1.54, 1.807) is 0 Å². The molecule has 2 heterocycles. The first-order chi connectivity index (χ1) is 10.1. The maximum atomic E-state index is 12.6.